The van der Waals surface area contributed by atoms with E-state index >= 15 is 0 Å². The Morgan fingerprint density at radius 2 is 1.78 bits per heavy atom. The highest BCUT2D eigenvalue weighted by atomic mass is 16.1. The molecule has 1 N–H and O–H groups in total. The number of nitrogens with zero attached hydrogens (tertiary/aromatic N) is 7. The summed E-state index contributed by atoms with van der Waals surface area (Å²) in [6, 6.07) is 7.61. The van der Waals surface area contributed by atoms with E-state index in [4.69, 9.17) is 4.98 Å². The van der Waals surface area contributed by atoms with Crippen LogP contribution < -0.4 is 10.2 Å². The van der Waals surface area contributed by atoms with E-state index in [1.165, 1.54) is 0 Å². The number of Topliss-reactive ketones (excluding diaryl/α,β-unsaturated/α-hetero) is 1. The third-order valence-corrected chi connectivity index (χ3v) is 6.29. The van der Waals surface area contributed by atoms with Crippen LogP contribution in [0.2, 0.25) is 0 Å². The predicted octanol–water partition coefficient (Wildman–Crippen LogP) is 3.87. The van der Waals surface area contributed by atoms with Crippen LogP contribution >= 0.6 is 0 Å². The lowest BCUT2D eigenvalue weighted by molar-refractivity contribution is 0.0992. The highest BCUT2D eigenvalue weighted by Crippen LogP contribution is 2.23. The van der Waals surface area contributed by atoms with Crippen LogP contribution in [0.4, 0.5) is 11.6 Å². The summed E-state index contributed by atoms with van der Waals surface area (Å²) in [5.74, 6) is 1.57. The quantitative estimate of drug-likeness (QED) is 0.399. The number of pyridine rings is 3. The topological polar surface area (TPSA) is 100 Å². The van der Waals surface area contributed by atoms with Crippen molar-refractivity contribution >= 4 is 28.3 Å². The molecule has 1 fully saturated rings. The fraction of sp³-hybridized carbons (Fsp3) is 0.357. The van der Waals surface area contributed by atoms with E-state index in [-0.39, 0.29) is 17.7 Å². The first-order valence-corrected chi connectivity index (χ1v) is 12.5. The molecular formula is C28H32N8O. The lowest BCUT2D eigenvalue weighted by Crippen LogP contribution is -2.44. The number of likely N-dealkylation sites (N-methyl/N-ethyl adjacent to an activating group) is 1. The monoisotopic (exact) mass is 496 g/mol. The number of rotatable bonds is 6. The van der Waals surface area contributed by atoms with Crippen molar-refractivity contribution < 1.29 is 4.79 Å². The van der Waals surface area contributed by atoms with Gasteiger partial charge < -0.3 is 15.1 Å². The van der Waals surface area contributed by atoms with E-state index in [2.05, 4.69) is 62.9 Å². The van der Waals surface area contributed by atoms with Gasteiger partial charge in [0.1, 0.15) is 11.6 Å². The molecule has 37 heavy (non-hydrogen) atoms. The number of fused-ring (bicyclic) bond motifs is 1. The van der Waals surface area contributed by atoms with Gasteiger partial charge in [0.2, 0.25) is 0 Å². The molecule has 1 aliphatic rings. The molecule has 0 amide bonds. The van der Waals surface area contributed by atoms with Gasteiger partial charge in [-0.25, -0.2) is 9.97 Å². The molecule has 0 spiro atoms. The lowest BCUT2D eigenvalue weighted by atomic mass is 10.1. The minimum Gasteiger partial charge on any atom is -0.364 e. The first kappa shape index (κ1) is 24.7. The summed E-state index contributed by atoms with van der Waals surface area (Å²) in [5, 5.41) is 4.25. The Hall–Kier alpha value is -3.98. The Kier molecular flexibility index (Phi) is 6.80. The number of hydrogen-bond donors (Lipinski definition) is 1. The van der Waals surface area contributed by atoms with E-state index in [1.807, 2.05) is 18.2 Å². The SMILES string of the molecule is CN1CCN(c2cc(C(=O)Cc3cc4cc(-c5cncc(NC(C)(C)C)n5)cnc4cn3)ccn2)CC1. The van der Waals surface area contributed by atoms with E-state index in [9.17, 15) is 4.79 Å². The van der Waals surface area contributed by atoms with Crippen LogP contribution in [0, 0.1) is 0 Å². The maximum atomic E-state index is 13.1. The van der Waals surface area contributed by atoms with Gasteiger partial charge in [0.05, 0.1) is 36.2 Å². The number of anilines is 2. The van der Waals surface area contributed by atoms with Gasteiger partial charge in [-0.3, -0.25) is 19.7 Å². The maximum Gasteiger partial charge on any atom is 0.169 e. The first-order valence-electron chi connectivity index (χ1n) is 12.5. The fourth-order valence-corrected chi connectivity index (χ4v) is 4.33. The molecule has 0 aliphatic carbocycles. The molecule has 5 heterocycles. The highest BCUT2D eigenvalue weighted by Gasteiger charge is 2.17. The molecule has 0 unspecified atom stereocenters. The summed E-state index contributed by atoms with van der Waals surface area (Å²) in [4.78, 5) is 40.3. The summed E-state index contributed by atoms with van der Waals surface area (Å²) < 4.78 is 0. The van der Waals surface area contributed by atoms with Gasteiger partial charge in [0.25, 0.3) is 0 Å². The largest absolute Gasteiger partial charge is 0.364 e. The average Bonchev–Trinajstić information content (AvgIpc) is 2.88. The number of carbonyl (C=O) groups is 1. The summed E-state index contributed by atoms with van der Waals surface area (Å²) in [6.45, 7) is 10.0. The minimum atomic E-state index is -0.123. The summed E-state index contributed by atoms with van der Waals surface area (Å²) >= 11 is 0. The Balaban J connectivity index is 1.35. The molecule has 0 aromatic carbocycles. The number of carbonyl (C=O) groups excluding carboxylic acids is 1. The lowest BCUT2D eigenvalue weighted by Gasteiger charge is -2.33. The molecule has 190 valence electrons. The van der Waals surface area contributed by atoms with Crippen molar-refractivity contribution in [3.8, 4) is 11.3 Å². The van der Waals surface area contributed by atoms with Crippen molar-refractivity contribution in [2.24, 2.45) is 0 Å². The fourth-order valence-electron chi connectivity index (χ4n) is 4.33. The second kappa shape index (κ2) is 10.2. The number of hydrogen-bond acceptors (Lipinski definition) is 9. The second-order valence-electron chi connectivity index (χ2n) is 10.5. The summed E-state index contributed by atoms with van der Waals surface area (Å²) in [7, 11) is 2.12. The third-order valence-electron chi connectivity index (χ3n) is 6.29. The molecule has 1 aliphatic heterocycles. The van der Waals surface area contributed by atoms with Crippen molar-refractivity contribution in [1.29, 1.82) is 0 Å². The molecule has 5 rings (SSSR count). The molecule has 1 saturated heterocycles. The van der Waals surface area contributed by atoms with Gasteiger partial charge in [-0.15, -0.1) is 0 Å². The van der Waals surface area contributed by atoms with Crippen molar-refractivity contribution in [2.75, 3.05) is 43.4 Å². The van der Waals surface area contributed by atoms with E-state index in [0.29, 0.717) is 17.1 Å². The van der Waals surface area contributed by atoms with Gasteiger partial charge in [-0.05, 0) is 52.1 Å². The van der Waals surface area contributed by atoms with Crippen molar-refractivity contribution in [3.05, 3.63) is 66.5 Å². The van der Waals surface area contributed by atoms with Crippen LogP contribution in [0.3, 0.4) is 0 Å². The number of aromatic nitrogens is 5. The summed E-state index contributed by atoms with van der Waals surface area (Å²) in [5.41, 5.74) is 3.57. The van der Waals surface area contributed by atoms with Crippen molar-refractivity contribution in [2.45, 2.75) is 32.7 Å². The van der Waals surface area contributed by atoms with Crippen molar-refractivity contribution in [1.82, 2.24) is 29.8 Å². The molecule has 0 saturated carbocycles. The molecule has 0 bridgehead atoms. The number of piperazine rings is 1. The van der Waals surface area contributed by atoms with Crippen LogP contribution in [0.25, 0.3) is 22.2 Å². The van der Waals surface area contributed by atoms with Gasteiger partial charge in [-0.1, -0.05) is 0 Å². The maximum absolute atomic E-state index is 13.1. The minimum absolute atomic E-state index is 0.0144. The predicted molar refractivity (Wildman–Crippen MR) is 146 cm³/mol. The first-order chi connectivity index (χ1) is 17.7. The second-order valence-corrected chi connectivity index (χ2v) is 10.5. The van der Waals surface area contributed by atoms with Crippen LogP contribution in [0.1, 0.15) is 36.8 Å². The van der Waals surface area contributed by atoms with Gasteiger partial charge in [0.15, 0.2) is 5.78 Å². The zero-order valence-electron chi connectivity index (χ0n) is 21.8. The Bertz CT molecular complexity index is 1420. The average molecular weight is 497 g/mol. The smallest absolute Gasteiger partial charge is 0.169 e. The summed E-state index contributed by atoms with van der Waals surface area (Å²) in [6.07, 6.45) is 8.85. The van der Waals surface area contributed by atoms with E-state index in [1.54, 1.807) is 37.1 Å². The zero-order chi connectivity index (χ0) is 26.0. The Morgan fingerprint density at radius 3 is 2.57 bits per heavy atom. The third kappa shape index (κ3) is 6.06. The normalized spacial score (nSPS) is 14.6. The van der Waals surface area contributed by atoms with Gasteiger partial charge in [0, 0.05) is 66.3 Å². The van der Waals surface area contributed by atoms with Gasteiger partial charge >= 0.3 is 0 Å². The molecule has 0 atom stereocenters. The van der Waals surface area contributed by atoms with E-state index < -0.39 is 0 Å². The molecule has 9 heteroatoms. The standard InChI is InChI=1S/C28H32N8O/c1-28(2,3)34-26-18-29-16-24(33-26)21-11-20-12-22(31-17-23(20)32-15-21)14-25(37)19-5-6-30-27(13-19)36-9-7-35(4)8-10-36/h5-6,11-13,15-18H,7-10,14H2,1-4H3,(H,33,34). The van der Waals surface area contributed by atoms with Crippen LogP contribution in [-0.4, -0.2) is 74.4 Å². The van der Waals surface area contributed by atoms with E-state index in [0.717, 1.165) is 54.2 Å². The van der Waals surface area contributed by atoms with Crippen LogP contribution in [0.15, 0.2) is 55.2 Å². The zero-order valence-corrected chi connectivity index (χ0v) is 21.8. The molecule has 9 nitrogen and oxygen atoms in total. The Labute approximate surface area is 217 Å². The molecular weight excluding hydrogens is 464 g/mol. The molecule has 4 aromatic rings. The molecule has 4 aromatic heterocycles. The molecule has 0 radical (unpaired) electrons. The highest BCUT2D eigenvalue weighted by molar-refractivity contribution is 5.98. The number of nitrogens with one attached hydrogen (secondary N) is 1. The Morgan fingerprint density at radius 1 is 0.973 bits per heavy atom. The van der Waals surface area contributed by atoms with Crippen molar-refractivity contribution in [3.63, 3.8) is 0 Å². The van der Waals surface area contributed by atoms with Crippen LogP contribution in [0.5, 0.6) is 0 Å². The van der Waals surface area contributed by atoms with Gasteiger partial charge in [-0.2, -0.15) is 0 Å². The van der Waals surface area contributed by atoms with Crippen LogP contribution in [-0.2, 0) is 6.42 Å². The number of ketones is 1.